The fraction of sp³-hybridized carbons (Fsp3) is 0.333. The van der Waals surface area contributed by atoms with E-state index in [9.17, 15) is 28.7 Å². The van der Waals surface area contributed by atoms with Crippen LogP contribution in [0.4, 0.5) is 26.2 Å². The van der Waals surface area contributed by atoms with E-state index in [2.05, 4.69) is 5.32 Å². The van der Waals surface area contributed by atoms with Gasteiger partial charge in [0.2, 0.25) is 0 Å². The maximum Gasteiger partial charge on any atom is 0.404 e. The summed E-state index contributed by atoms with van der Waals surface area (Å²) in [6.45, 7) is 0.678. The van der Waals surface area contributed by atoms with E-state index in [1.165, 1.54) is 17.0 Å². The van der Waals surface area contributed by atoms with E-state index in [0.717, 1.165) is 6.07 Å². The fourth-order valence-electron chi connectivity index (χ4n) is 4.00. The zero-order valence-electron chi connectivity index (χ0n) is 19.6. The molecule has 37 heavy (non-hydrogen) atoms. The maximum absolute atomic E-state index is 14.2. The third kappa shape index (κ3) is 6.02. The number of anilines is 3. The van der Waals surface area contributed by atoms with Crippen LogP contribution in [-0.4, -0.2) is 79.1 Å². The van der Waals surface area contributed by atoms with Gasteiger partial charge in [-0.25, -0.2) is 9.18 Å². The van der Waals surface area contributed by atoms with Gasteiger partial charge in [-0.3, -0.25) is 14.4 Å². The van der Waals surface area contributed by atoms with Crippen LogP contribution < -0.4 is 20.4 Å². The number of carboxylic acid groups (broad SMARTS) is 1. The van der Waals surface area contributed by atoms with Crippen molar-refractivity contribution in [1.82, 2.24) is 5.32 Å². The number of ether oxygens (including phenoxy) is 2. The molecular formula is C24H25FN4O8. The zero-order chi connectivity index (χ0) is 26.5. The number of nitrogens with one attached hydrogen (secondary N) is 2. The van der Waals surface area contributed by atoms with Gasteiger partial charge >= 0.3 is 6.09 Å². The second-order valence-electron chi connectivity index (χ2n) is 8.30. The predicted molar refractivity (Wildman–Crippen MR) is 128 cm³/mol. The van der Waals surface area contributed by atoms with Crippen molar-refractivity contribution in [3.63, 3.8) is 0 Å². The second-order valence-corrected chi connectivity index (χ2v) is 8.30. The van der Waals surface area contributed by atoms with Gasteiger partial charge in [-0.1, -0.05) is 12.1 Å². The van der Waals surface area contributed by atoms with Crippen LogP contribution >= 0.6 is 0 Å². The summed E-state index contributed by atoms with van der Waals surface area (Å²) in [5.41, 5.74) is 1.12. The molecule has 0 saturated carbocycles. The molecule has 13 heteroatoms. The highest BCUT2D eigenvalue weighted by molar-refractivity contribution is 6.04. The topological polar surface area (TPSA) is 158 Å². The Labute approximate surface area is 210 Å². The Morgan fingerprint density at radius 2 is 1.81 bits per heavy atom. The molecule has 0 radical (unpaired) electrons. The van der Waals surface area contributed by atoms with Crippen molar-refractivity contribution < 1.29 is 43.3 Å². The monoisotopic (exact) mass is 516 g/mol. The first kappa shape index (κ1) is 26.0. The summed E-state index contributed by atoms with van der Waals surface area (Å²) in [5, 5.41) is 23.6. The van der Waals surface area contributed by atoms with Gasteiger partial charge in [-0.05, 0) is 30.3 Å². The van der Waals surface area contributed by atoms with E-state index in [4.69, 9.17) is 14.6 Å². The van der Waals surface area contributed by atoms with E-state index in [-0.39, 0.29) is 43.5 Å². The molecule has 0 bridgehead atoms. The number of halogens is 1. The average molecular weight is 516 g/mol. The van der Waals surface area contributed by atoms with Crippen LogP contribution in [-0.2, 0) is 30.4 Å². The minimum Gasteiger partial charge on any atom is -0.465 e. The predicted octanol–water partition coefficient (Wildman–Crippen LogP) is 0.688. The standard InChI is InChI=1S/C24H25FN4O8/c25-18-10-15(5-4-14(18)12-26-24(34)35)27-22(32)20(31)21-23(33)29(7-9-37-21)17-3-1-2-16(11-17)28-6-8-36-13-19(28)30/h1-5,10-11,20-21,26,31H,6-9,12-13H2,(H,27,32)(H,34,35)/t20-,21-/m1/s1. The van der Waals surface area contributed by atoms with Crippen molar-refractivity contribution in [2.45, 2.75) is 18.8 Å². The summed E-state index contributed by atoms with van der Waals surface area (Å²) in [4.78, 5) is 51.5. The van der Waals surface area contributed by atoms with Gasteiger partial charge in [0.25, 0.3) is 17.7 Å². The highest BCUT2D eigenvalue weighted by Gasteiger charge is 2.39. The molecule has 2 aromatic rings. The van der Waals surface area contributed by atoms with Crippen molar-refractivity contribution in [1.29, 1.82) is 0 Å². The Balaban J connectivity index is 1.43. The molecule has 2 fully saturated rings. The lowest BCUT2D eigenvalue weighted by Crippen LogP contribution is -2.55. The number of hydrogen-bond acceptors (Lipinski definition) is 7. The Bertz CT molecular complexity index is 1210. The van der Waals surface area contributed by atoms with Crippen LogP contribution in [0.15, 0.2) is 42.5 Å². The van der Waals surface area contributed by atoms with E-state index in [1.54, 1.807) is 29.2 Å². The van der Waals surface area contributed by atoms with Gasteiger partial charge < -0.3 is 40.1 Å². The third-order valence-corrected chi connectivity index (χ3v) is 5.87. The molecule has 0 unspecified atom stereocenters. The Kier molecular flexibility index (Phi) is 7.96. The number of benzene rings is 2. The lowest BCUT2D eigenvalue weighted by Gasteiger charge is -2.35. The van der Waals surface area contributed by atoms with Crippen LogP contribution in [0.3, 0.4) is 0 Å². The van der Waals surface area contributed by atoms with E-state index in [1.807, 2.05) is 5.32 Å². The van der Waals surface area contributed by atoms with Crippen LogP contribution in [0, 0.1) is 5.82 Å². The first-order valence-electron chi connectivity index (χ1n) is 11.4. The quantitative estimate of drug-likeness (QED) is 0.419. The van der Waals surface area contributed by atoms with Crippen molar-refractivity contribution in [3.05, 3.63) is 53.8 Å². The minimum atomic E-state index is -1.89. The number of hydrogen-bond donors (Lipinski definition) is 4. The maximum atomic E-state index is 14.2. The van der Waals surface area contributed by atoms with E-state index >= 15 is 0 Å². The highest BCUT2D eigenvalue weighted by atomic mass is 19.1. The molecule has 12 nitrogen and oxygen atoms in total. The molecule has 2 aliphatic rings. The molecule has 2 atom stereocenters. The van der Waals surface area contributed by atoms with Crippen LogP contribution in [0.1, 0.15) is 5.56 Å². The summed E-state index contributed by atoms with van der Waals surface area (Å²) in [7, 11) is 0. The number of nitrogens with zero attached hydrogens (tertiary/aromatic N) is 2. The summed E-state index contributed by atoms with van der Waals surface area (Å²) in [6, 6.07) is 10.4. The summed E-state index contributed by atoms with van der Waals surface area (Å²) >= 11 is 0. The van der Waals surface area contributed by atoms with Crippen molar-refractivity contribution in [2.75, 3.05) is 48.0 Å². The van der Waals surface area contributed by atoms with E-state index < -0.39 is 35.9 Å². The lowest BCUT2D eigenvalue weighted by atomic mass is 10.1. The molecule has 2 aromatic carbocycles. The summed E-state index contributed by atoms with van der Waals surface area (Å²) < 4.78 is 24.8. The molecule has 0 aromatic heterocycles. The van der Waals surface area contributed by atoms with Gasteiger partial charge in [-0.15, -0.1) is 0 Å². The number of amides is 4. The van der Waals surface area contributed by atoms with Crippen LogP contribution in [0.2, 0.25) is 0 Å². The SMILES string of the molecule is O=C(O)NCc1ccc(NC(=O)[C@H](O)[C@H]2OCCN(c3cccc(N4CCOCC4=O)c3)C2=O)cc1F. The molecule has 4 N–H and O–H groups in total. The number of morpholine rings is 2. The molecular weight excluding hydrogens is 491 g/mol. The largest absolute Gasteiger partial charge is 0.465 e. The number of rotatable bonds is 7. The number of aliphatic hydroxyl groups is 1. The first-order chi connectivity index (χ1) is 17.7. The van der Waals surface area contributed by atoms with Gasteiger partial charge in [-0.2, -0.15) is 0 Å². The van der Waals surface area contributed by atoms with Crippen LogP contribution in [0.5, 0.6) is 0 Å². The number of carbonyl (C=O) groups excluding carboxylic acids is 3. The van der Waals surface area contributed by atoms with Crippen molar-refractivity contribution in [3.8, 4) is 0 Å². The van der Waals surface area contributed by atoms with Gasteiger partial charge in [0.1, 0.15) is 12.4 Å². The van der Waals surface area contributed by atoms with E-state index in [0.29, 0.717) is 24.5 Å². The Morgan fingerprint density at radius 3 is 2.51 bits per heavy atom. The van der Waals surface area contributed by atoms with Gasteiger partial charge in [0.15, 0.2) is 12.2 Å². The normalized spacial score (nSPS) is 18.9. The molecule has 4 amide bonds. The fourth-order valence-corrected chi connectivity index (χ4v) is 4.00. The second kappa shape index (κ2) is 11.3. The third-order valence-electron chi connectivity index (χ3n) is 5.87. The molecule has 0 aliphatic carbocycles. The van der Waals surface area contributed by atoms with Gasteiger partial charge in [0.05, 0.1) is 13.2 Å². The van der Waals surface area contributed by atoms with Crippen molar-refractivity contribution in [2.24, 2.45) is 0 Å². The molecule has 2 heterocycles. The molecule has 2 saturated heterocycles. The molecule has 196 valence electrons. The number of carbonyl (C=O) groups is 4. The summed E-state index contributed by atoms with van der Waals surface area (Å²) in [5.74, 6) is -2.61. The molecule has 0 spiro atoms. The number of aliphatic hydroxyl groups excluding tert-OH is 1. The lowest BCUT2D eigenvalue weighted by molar-refractivity contribution is -0.150. The smallest absolute Gasteiger partial charge is 0.404 e. The Hall–Kier alpha value is -4.07. The molecule has 2 aliphatic heterocycles. The zero-order valence-corrected chi connectivity index (χ0v) is 19.6. The van der Waals surface area contributed by atoms with Crippen molar-refractivity contribution >= 4 is 40.9 Å². The van der Waals surface area contributed by atoms with Crippen LogP contribution in [0.25, 0.3) is 0 Å². The molecule has 4 rings (SSSR count). The van der Waals surface area contributed by atoms with Gasteiger partial charge in [0, 0.05) is 42.3 Å². The minimum absolute atomic E-state index is 0.00335. The average Bonchev–Trinajstić information content (AvgIpc) is 2.88. The Morgan fingerprint density at radius 1 is 1.08 bits per heavy atom. The highest BCUT2D eigenvalue weighted by Crippen LogP contribution is 2.27. The summed E-state index contributed by atoms with van der Waals surface area (Å²) in [6.07, 6.45) is -4.71. The first-order valence-corrected chi connectivity index (χ1v) is 11.4.